The number of rotatable bonds is 6. The van der Waals surface area contributed by atoms with Gasteiger partial charge in [0.15, 0.2) is 0 Å². The molecular formula is C18H21BrFN. The second-order valence-electron chi connectivity index (χ2n) is 5.15. The lowest BCUT2D eigenvalue weighted by Crippen LogP contribution is -2.23. The number of benzene rings is 2. The van der Waals surface area contributed by atoms with Crippen LogP contribution in [0.15, 0.2) is 46.9 Å². The monoisotopic (exact) mass is 349 g/mol. The summed E-state index contributed by atoms with van der Waals surface area (Å²) in [5.74, 6) is -0.176. The van der Waals surface area contributed by atoms with E-state index >= 15 is 0 Å². The van der Waals surface area contributed by atoms with Gasteiger partial charge >= 0.3 is 0 Å². The van der Waals surface area contributed by atoms with E-state index in [1.165, 1.54) is 11.6 Å². The van der Waals surface area contributed by atoms with Crippen LogP contribution in [0.25, 0.3) is 0 Å². The van der Waals surface area contributed by atoms with Crippen LogP contribution in [-0.4, -0.2) is 6.54 Å². The Hall–Kier alpha value is -1.19. The molecule has 21 heavy (non-hydrogen) atoms. The molecule has 0 heterocycles. The molecule has 2 aromatic rings. The maximum absolute atomic E-state index is 14.2. The van der Waals surface area contributed by atoms with Crippen LogP contribution in [0.5, 0.6) is 0 Å². The molecule has 1 unspecified atom stereocenters. The molecule has 0 amide bonds. The van der Waals surface area contributed by atoms with Crippen LogP contribution in [0.1, 0.15) is 43.0 Å². The highest BCUT2D eigenvalue weighted by atomic mass is 79.9. The molecule has 0 aromatic heterocycles. The van der Waals surface area contributed by atoms with Crippen LogP contribution in [0.4, 0.5) is 4.39 Å². The smallest absolute Gasteiger partial charge is 0.128 e. The number of nitrogens with one attached hydrogen (secondary N) is 1. The van der Waals surface area contributed by atoms with Crippen molar-refractivity contribution in [2.45, 2.75) is 32.7 Å². The predicted octanol–water partition coefficient (Wildman–Crippen LogP) is 5.24. The van der Waals surface area contributed by atoms with Gasteiger partial charge in [-0.1, -0.05) is 60.5 Å². The van der Waals surface area contributed by atoms with Crippen LogP contribution >= 0.6 is 15.9 Å². The molecule has 0 bridgehead atoms. The van der Waals surface area contributed by atoms with Gasteiger partial charge in [0.05, 0.1) is 6.04 Å². The van der Waals surface area contributed by atoms with Gasteiger partial charge in [-0.05, 0) is 42.3 Å². The highest BCUT2D eigenvalue weighted by Crippen LogP contribution is 2.28. The van der Waals surface area contributed by atoms with Gasteiger partial charge in [-0.15, -0.1) is 0 Å². The molecule has 112 valence electrons. The number of aryl methyl sites for hydroxylation is 1. The van der Waals surface area contributed by atoms with Crippen molar-refractivity contribution in [3.63, 3.8) is 0 Å². The van der Waals surface area contributed by atoms with Gasteiger partial charge in [0.2, 0.25) is 0 Å². The summed E-state index contributed by atoms with van der Waals surface area (Å²) in [7, 11) is 0. The van der Waals surface area contributed by atoms with Gasteiger partial charge in [0.25, 0.3) is 0 Å². The first-order valence-corrected chi connectivity index (χ1v) is 8.22. The SMILES string of the molecule is CCCc1cccc(C(NCC)c2cc(Br)ccc2F)c1. The molecule has 0 aliphatic heterocycles. The lowest BCUT2D eigenvalue weighted by atomic mass is 9.95. The van der Waals surface area contributed by atoms with E-state index in [0.29, 0.717) is 5.56 Å². The molecule has 2 aromatic carbocycles. The first-order chi connectivity index (χ1) is 10.2. The molecule has 0 radical (unpaired) electrons. The standard InChI is InChI=1S/C18H21BrFN/c1-3-6-13-7-5-8-14(11-13)18(21-4-2)16-12-15(19)9-10-17(16)20/h5,7-12,18,21H,3-4,6H2,1-2H3. The minimum Gasteiger partial charge on any atom is -0.306 e. The highest BCUT2D eigenvalue weighted by molar-refractivity contribution is 9.10. The summed E-state index contributed by atoms with van der Waals surface area (Å²) in [6.45, 7) is 5.00. The molecule has 3 heteroatoms. The molecule has 0 saturated carbocycles. The second-order valence-corrected chi connectivity index (χ2v) is 6.07. The Kier molecular flexibility index (Phi) is 5.95. The molecule has 1 nitrogen and oxygen atoms in total. The summed E-state index contributed by atoms with van der Waals surface area (Å²) < 4.78 is 15.1. The topological polar surface area (TPSA) is 12.0 Å². The average molecular weight is 350 g/mol. The third kappa shape index (κ3) is 4.14. The van der Waals surface area contributed by atoms with E-state index < -0.39 is 0 Å². The van der Waals surface area contributed by atoms with Crippen LogP contribution in [0.2, 0.25) is 0 Å². The first kappa shape index (κ1) is 16.2. The van der Waals surface area contributed by atoms with Crippen molar-refractivity contribution in [2.75, 3.05) is 6.54 Å². The molecule has 2 rings (SSSR count). The number of halogens is 2. The molecule has 1 atom stereocenters. The van der Waals surface area contributed by atoms with Crippen molar-refractivity contribution in [3.8, 4) is 0 Å². The summed E-state index contributed by atoms with van der Waals surface area (Å²) in [4.78, 5) is 0. The highest BCUT2D eigenvalue weighted by Gasteiger charge is 2.17. The lowest BCUT2D eigenvalue weighted by molar-refractivity contribution is 0.558. The van der Waals surface area contributed by atoms with Crippen molar-refractivity contribution in [1.82, 2.24) is 5.32 Å². The fourth-order valence-corrected chi connectivity index (χ4v) is 2.94. The Bertz CT molecular complexity index is 598. The Balaban J connectivity index is 2.42. The van der Waals surface area contributed by atoms with Crippen molar-refractivity contribution >= 4 is 15.9 Å². The van der Waals surface area contributed by atoms with Crippen molar-refractivity contribution in [2.24, 2.45) is 0 Å². The van der Waals surface area contributed by atoms with Gasteiger partial charge in [-0.3, -0.25) is 0 Å². The van der Waals surface area contributed by atoms with Gasteiger partial charge in [0, 0.05) is 10.0 Å². The Morgan fingerprint density at radius 3 is 2.67 bits per heavy atom. The van der Waals surface area contributed by atoms with Gasteiger partial charge in [0.1, 0.15) is 5.82 Å². The quantitative estimate of drug-likeness (QED) is 0.751. The molecule has 0 fully saturated rings. The summed E-state index contributed by atoms with van der Waals surface area (Å²) in [6, 6.07) is 13.4. The molecule has 0 spiro atoms. The van der Waals surface area contributed by atoms with Crippen molar-refractivity contribution < 1.29 is 4.39 Å². The number of hydrogen-bond acceptors (Lipinski definition) is 1. The van der Waals surface area contributed by atoms with E-state index in [2.05, 4.69) is 52.4 Å². The normalized spacial score (nSPS) is 12.4. The average Bonchev–Trinajstić information content (AvgIpc) is 2.48. The fourth-order valence-electron chi connectivity index (χ4n) is 2.56. The van der Waals surface area contributed by atoms with Gasteiger partial charge in [-0.25, -0.2) is 4.39 Å². The summed E-state index contributed by atoms with van der Waals surface area (Å²) >= 11 is 3.43. The maximum Gasteiger partial charge on any atom is 0.128 e. The van der Waals surface area contributed by atoms with Crippen molar-refractivity contribution in [3.05, 3.63) is 69.4 Å². The third-order valence-electron chi connectivity index (χ3n) is 3.50. The first-order valence-electron chi connectivity index (χ1n) is 7.42. The van der Waals surface area contributed by atoms with Gasteiger partial charge < -0.3 is 5.32 Å². The largest absolute Gasteiger partial charge is 0.306 e. The van der Waals surface area contributed by atoms with Crippen molar-refractivity contribution in [1.29, 1.82) is 0 Å². The molecular weight excluding hydrogens is 329 g/mol. The summed E-state index contributed by atoms with van der Waals surface area (Å²) in [6.07, 6.45) is 2.16. The Morgan fingerprint density at radius 2 is 1.95 bits per heavy atom. The molecule has 0 saturated heterocycles. The summed E-state index contributed by atoms with van der Waals surface area (Å²) in [5.41, 5.74) is 3.09. The van der Waals surface area contributed by atoms with E-state index in [-0.39, 0.29) is 11.9 Å². The zero-order valence-electron chi connectivity index (χ0n) is 12.5. The van der Waals surface area contributed by atoms with E-state index in [0.717, 1.165) is 29.4 Å². The minimum absolute atomic E-state index is 0.121. The van der Waals surface area contributed by atoms with Crippen LogP contribution in [0.3, 0.4) is 0 Å². The third-order valence-corrected chi connectivity index (χ3v) is 3.99. The maximum atomic E-state index is 14.2. The number of hydrogen-bond donors (Lipinski definition) is 1. The predicted molar refractivity (Wildman–Crippen MR) is 90.1 cm³/mol. The summed E-state index contributed by atoms with van der Waals surface area (Å²) in [5, 5.41) is 3.39. The fraction of sp³-hybridized carbons (Fsp3) is 0.333. The molecule has 1 N–H and O–H groups in total. The van der Waals surface area contributed by atoms with E-state index in [1.54, 1.807) is 6.07 Å². The second kappa shape index (κ2) is 7.71. The van der Waals surface area contributed by atoms with Crippen LogP contribution in [-0.2, 0) is 6.42 Å². The lowest BCUT2D eigenvalue weighted by Gasteiger charge is -2.20. The van der Waals surface area contributed by atoms with E-state index in [4.69, 9.17) is 0 Å². The Labute approximate surface area is 134 Å². The Morgan fingerprint density at radius 1 is 1.14 bits per heavy atom. The molecule has 0 aliphatic rings. The van der Waals surface area contributed by atoms with Crippen LogP contribution in [0, 0.1) is 5.82 Å². The van der Waals surface area contributed by atoms with Crippen LogP contribution < -0.4 is 5.32 Å². The zero-order chi connectivity index (χ0) is 15.2. The van der Waals surface area contributed by atoms with Gasteiger partial charge in [-0.2, -0.15) is 0 Å². The van der Waals surface area contributed by atoms with E-state index in [1.807, 2.05) is 13.0 Å². The zero-order valence-corrected chi connectivity index (χ0v) is 14.1. The minimum atomic E-state index is -0.176. The van der Waals surface area contributed by atoms with E-state index in [9.17, 15) is 4.39 Å². The molecule has 0 aliphatic carbocycles.